The molecule has 0 spiro atoms. The Hall–Kier alpha value is -2.80. The number of carbonyl (C=O) groups is 2. The molecule has 5 nitrogen and oxygen atoms in total. The van der Waals surface area contributed by atoms with Crippen molar-refractivity contribution >= 4 is 23.2 Å². The summed E-state index contributed by atoms with van der Waals surface area (Å²) < 4.78 is 26.4. The number of rotatable bonds is 6. The molecule has 0 saturated carbocycles. The molecule has 2 aromatic carbocycles. The summed E-state index contributed by atoms with van der Waals surface area (Å²) in [5.41, 5.74) is 2.55. The van der Waals surface area contributed by atoms with Gasteiger partial charge in [-0.15, -0.1) is 0 Å². The van der Waals surface area contributed by atoms with Crippen LogP contribution in [-0.4, -0.2) is 36.9 Å². The molecule has 138 valence electrons. The van der Waals surface area contributed by atoms with Crippen LogP contribution in [0.5, 0.6) is 0 Å². The van der Waals surface area contributed by atoms with Crippen LogP contribution in [0.1, 0.15) is 11.1 Å². The van der Waals surface area contributed by atoms with Gasteiger partial charge in [0.05, 0.1) is 18.8 Å². The monoisotopic (exact) mass is 361 g/mol. The highest BCUT2D eigenvalue weighted by Crippen LogP contribution is 2.19. The van der Waals surface area contributed by atoms with Gasteiger partial charge in [-0.05, 0) is 44.2 Å². The lowest BCUT2D eigenvalue weighted by Gasteiger charge is -2.17. The number of amides is 2. The fourth-order valence-electron chi connectivity index (χ4n) is 2.52. The quantitative estimate of drug-likeness (QED) is 0.831. The van der Waals surface area contributed by atoms with E-state index in [2.05, 4.69) is 10.6 Å². The number of benzene rings is 2. The largest absolute Gasteiger partial charge is 0.324 e. The van der Waals surface area contributed by atoms with Crippen molar-refractivity contribution in [2.45, 2.75) is 13.8 Å². The molecule has 0 aliphatic heterocycles. The summed E-state index contributed by atoms with van der Waals surface area (Å²) in [4.78, 5) is 25.6. The zero-order valence-corrected chi connectivity index (χ0v) is 14.9. The second-order valence-electron chi connectivity index (χ2n) is 6.16. The molecule has 0 aromatic heterocycles. The normalized spacial score (nSPS) is 10.7. The summed E-state index contributed by atoms with van der Waals surface area (Å²) in [6.07, 6.45) is 0. The number of nitrogens with zero attached hydrogens (tertiary/aromatic N) is 1. The van der Waals surface area contributed by atoms with E-state index >= 15 is 0 Å². The number of halogens is 2. The lowest BCUT2D eigenvalue weighted by molar-refractivity contribution is -0.119. The molecule has 2 aromatic rings. The number of aryl methyl sites for hydroxylation is 2. The van der Waals surface area contributed by atoms with Gasteiger partial charge < -0.3 is 10.6 Å². The van der Waals surface area contributed by atoms with Gasteiger partial charge in [-0.1, -0.05) is 18.2 Å². The molecule has 0 bridgehead atoms. The van der Waals surface area contributed by atoms with Gasteiger partial charge in [0.25, 0.3) is 0 Å². The standard InChI is InChI=1S/C19H21F2N3O2/c1-12-5-4-6-13(2)19(12)23-18(26)11-24(3)10-17(25)22-16-8-7-14(20)9-15(16)21/h4-9H,10-11H2,1-3H3,(H,22,25)(H,23,26). The summed E-state index contributed by atoms with van der Waals surface area (Å²) in [5.74, 6) is -2.34. The third kappa shape index (κ3) is 5.35. The molecule has 0 aliphatic rings. The minimum absolute atomic E-state index is 0.00685. The molecule has 0 saturated heterocycles. The third-order valence-corrected chi connectivity index (χ3v) is 3.78. The van der Waals surface area contributed by atoms with E-state index in [1.54, 1.807) is 7.05 Å². The summed E-state index contributed by atoms with van der Waals surface area (Å²) in [6, 6.07) is 8.60. The number of hydrogen-bond acceptors (Lipinski definition) is 3. The Morgan fingerprint density at radius 3 is 2.12 bits per heavy atom. The van der Waals surface area contributed by atoms with Crippen molar-refractivity contribution < 1.29 is 18.4 Å². The van der Waals surface area contributed by atoms with Gasteiger partial charge in [0.1, 0.15) is 11.6 Å². The van der Waals surface area contributed by atoms with Crippen LogP contribution < -0.4 is 10.6 Å². The van der Waals surface area contributed by atoms with E-state index in [-0.39, 0.29) is 24.7 Å². The van der Waals surface area contributed by atoms with Crippen LogP contribution in [-0.2, 0) is 9.59 Å². The van der Waals surface area contributed by atoms with E-state index in [9.17, 15) is 18.4 Å². The van der Waals surface area contributed by atoms with Crippen molar-refractivity contribution in [1.29, 1.82) is 0 Å². The Balaban J connectivity index is 1.88. The average Bonchev–Trinajstić information content (AvgIpc) is 2.53. The van der Waals surface area contributed by atoms with E-state index in [1.165, 1.54) is 4.90 Å². The third-order valence-electron chi connectivity index (χ3n) is 3.78. The minimum Gasteiger partial charge on any atom is -0.324 e. The molecule has 0 heterocycles. The van der Waals surface area contributed by atoms with Crippen LogP contribution in [0.3, 0.4) is 0 Å². The fraction of sp³-hybridized carbons (Fsp3) is 0.263. The molecule has 2 amide bonds. The molecular formula is C19H21F2N3O2. The smallest absolute Gasteiger partial charge is 0.238 e. The Kier molecular flexibility index (Phi) is 6.41. The maximum Gasteiger partial charge on any atom is 0.238 e. The van der Waals surface area contributed by atoms with Crippen LogP contribution in [0, 0.1) is 25.5 Å². The van der Waals surface area contributed by atoms with Gasteiger partial charge in [0, 0.05) is 11.8 Å². The Labute approximate surface area is 151 Å². The molecule has 2 N–H and O–H groups in total. The molecule has 0 aliphatic carbocycles. The summed E-state index contributed by atoms with van der Waals surface area (Å²) in [7, 11) is 1.60. The van der Waals surface area contributed by atoms with Crippen molar-refractivity contribution in [1.82, 2.24) is 4.90 Å². The molecule has 26 heavy (non-hydrogen) atoms. The molecule has 0 radical (unpaired) electrons. The number of para-hydroxylation sites is 1. The van der Waals surface area contributed by atoms with Gasteiger partial charge in [-0.25, -0.2) is 8.78 Å². The van der Waals surface area contributed by atoms with Crippen molar-refractivity contribution in [2.24, 2.45) is 0 Å². The molecule has 0 fully saturated rings. The number of carbonyl (C=O) groups excluding carboxylic acids is 2. The van der Waals surface area contributed by atoms with Crippen molar-refractivity contribution in [3.8, 4) is 0 Å². The number of nitrogens with one attached hydrogen (secondary N) is 2. The lowest BCUT2D eigenvalue weighted by Crippen LogP contribution is -2.36. The molecule has 0 unspecified atom stereocenters. The average molecular weight is 361 g/mol. The highest BCUT2D eigenvalue weighted by molar-refractivity contribution is 5.95. The first-order valence-corrected chi connectivity index (χ1v) is 8.06. The predicted octanol–water partition coefficient (Wildman–Crippen LogP) is 3.09. The van der Waals surface area contributed by atoms with E-state index in [1.807, 2.05) is 32.0 Å². The molecule has 7 heteroatoms. The van der Waals surface area contributed by atoms with Crippen LogP contribution in [0.2, 0.25) is 0 Å². The Morgan fingerprint density at radius 2 is 1.54 bits per heavy atom. The first-order chi connectivity index (χ1) is 12.3. The van der Waals surface area contributed by atoms with Gasteiger partial charge >= 0.3 is 0 Å². The van der Waals surface area contributed by atoms with Crippen molar-refractivity contribution in [2.75, 3.05) is 30.8 Å². The van der Waals surface area contributed by atoms with Gasteiger partial charge in [0.2, 0.25) is 11.8 Å². The molecule has 2 rings (SSSR count). The number of hydrogen-bond donors (Lipinski definition) is 2. The minimum atomic E-state index is -0.853. The highest BCUT2D eigenvalue weighted by atomic mass is 19.1. The fourth-order valence-corrected chi connectivity index (χ4v) is 2.52. The van der Waals surface area contributed by atoms with E-state index in [0.717, 1.165) is 28.9 Å². The predicted molar refractivity (Wildman–Crippen MR) is 97.0 cm³/mol. The maximum absolute atomic E-state index is 13.5. The van der Waals surface area contributed by atoms with E-state index in [0.29, 0.717) is 6.07 Å². The van der Waals surface area contributed by atoms with E-state index < -0.39 is 17.5 Å². The summed E-state index contributed by atoms with van der Waals surface area (Å²) in [5, 5.41) is 5.19. The van der Waals surface area contributed by atoms with Crippen LogP contribution in [0.4, 0.5) is 20.2 Å². The van der Waals surface area contributed by atoms with Crippen molar-refractivity contribution in [3.63, 3.8) is 0 Å². The number of anilines is 2. The first-order valence-electron chi connectivity index (χ1n) is 8.06. The van der Waals surface area contributed by atoms with Crippen LogP contribution >= 0.6 is 0 Å². The Bertz CT molecular complexity index is 804. The topological polar surface area (TPSA) is 61.4 Å². The maximum atomic E-state index is 13.5. The first kappa shape index (κ1) is 19.5. The molecule has 0 atom stereocenters. The Morgan fingerprint density at radius 1 is 0.962 bits per heavy atom. The van der Waals surface area contributed by atoms with Crippen molar-refractivity contribution in [3.05, 3.63) is 59.2 Å². The summed E-state index contributed by atoms with van der Waals surface area (Å²) in [6.45, 7) is 3.68. The highest BCUT2D eigenvalue weighted by Gasteiger charge is 2.14. The zero-order chi connectivity index (χ0) is 19.3. The van der Waals surface area contributed by atoms with Gasteiger partial charge in [0.15, 0.2) is 0 Å². The SMILES string of the molecule is Cc1cccc(C)c1NC(=O)CN(C)CC(=O)Nc1ccc(F)cc1F. The van der Waals surface area contributed by atoms with Gasteiger partial charge in [-0.2, -0.15) is 0 Å². The van der Waals surface area contributed by atoms with Gasteiger partial charge in [-0.3, -0.25) is 14.5 Å². The lowest BCUT2D eigenvalue weighted by atomic mass is 10.1. The summed E-state index contributed by atoms with van der Waals surface area (Å²) >= 11 is 0. The van der Waals surface area contributed by atoms with Crippen LogP contribution in [0.25, 0.3) is 0 Å². The van der Waals surface area contributed by atoms with E-state index in [4.69, 9.17) is 0 Å². The second kappa shape index (κ2) is 8.53. The zero-order valence-electron chi connectivity index (χ0n) is 14.9. The molecular weight excluding hydrogens is 340 g/mol. The van der Waals surface area contributed by atoms with Crippen LogP contribution in [0.15, 0.2) is 36.4 Å². The number of likely N-dealkylation sites (N-methyl/N-ethyl adjacent to an activating group) is 1. The second-order valence-corrected chi connectivity index (χ2v) is 6.16.